The summed E-state index contributed by atoms with van der Waals surface area (Å²) >= 11 is 1.86. The highest BCUT2D eigenvalue weighted by atomic mass is 32.1. The van der Waals surface area contributed by atoms with Gasteiger partial charge in [0.25, 0.3) is 0 Å². The summed E-state index contributed by atoms with van der Waals surface area (Å²) < 4.78 is 1.31. The third-order valence-corrected chi connectivity index (χ3v) is 6.86. The second-order valence-electron chi connectivity index (χ2n) is 7.60. The molecule has 3 nitrogen and oxygen atoms in total. The number of aliphatic carboxylic acids is 1. The minimum atomic E-state index is -0.653. The average molecular weight is 380 g/mol. The molecule has 0 amide bonds. The molecule has 4 heteroatoms. The Hall–Kier alpha value is -2.17. The first-order chi connectivity index (χ1) is 13.0. The molecule has 1 unspecified atom stereocenters. The number of piperidine rings is 1. The molecular formula is C23H25NO2S. The zero-order chi connectivity index (χ0) is 19.0. The summed E-state index contributed by atoms with van der Waals surface area (Å²) in [5.74, 6) is -0.859. The number of fused-ring (bicyclic) bond motifs is 1. The van der Waals surface area contributed by atoms with Crippen LogP contribution in [0.25, 0.3) is 10.1 Å². The van der Waals surface area contributed by atoms with Crippen molar-refractivity contribution in [1.82, 2.24) is 4.90 Å². The fourth-order valence-electron chi connectivity index (χ4n) is 4.13. The molecule has 0 spiro atoms. The van der Waals surface area contributed by atoms with Crippen LogP contribution in [-0.2, 0) is 4.79 Å². The Kier molecular flexibility index (Phi) is 5.02. The third kappa shape index (κ3) is 3.64. The first kappa shape index (κ1) is 18.2. The number of thiophene rings is 1. The molecule has 1 aromatic heterocycles. The standard InChI is InChI=1S/C23H25NO2S/c1-15-7-8-16(2)19(13-15)22(24-11-9-17(10-12-24)23(25)26)21-14-18-5-3-4-6-20(18)27-21/h3-8,13-14,17,22H,9-12H2,1-2H3,(H,25,26). The number of nitrogens with zero attached hydrogens (tertiary/aromatic N) is 1. The van der Waals surface area contributed by atoms with Crippen LogP contribution in [0.3, 0.4) is 0 Å². The highest BCUT2D eigenvalue weighted by molar-refractivity contribution is 7.19. The summed E-state index contributed by atoms with van der Waals surface area (Å²) in [7, 11) is 0. The number of hydrogen-bond acceptors (Lipinski definition) is 3. The topological polar surface area (TPSA) is 40.5 Å². The minimum Gasteiger partial charge on any atom is -0.481 e. The molecule has 27 heavy (non-hydrogen) atoms. The number of carbonyl (C=O) groups is 1. The van der Waals surface area contributed by atoms with E-state index in [1.54, 1.807) is 0 Å². The Bertz CT molecular complexity index is 936. The maximum Gasteiger partial charge on any atom is 0.306 e. The summed E-state index contributed by atoms with van der Waals surface area (Å²) in [5, 5.41) is 10.6. The van der Waals surface area contributed by atoms with Crippen molar-refractivity contribution < 1.29 is 9.90 Å². The second kappa shape index (κ2) is 7.45. The Morgan fingerprint density at radius 2 is 1.85 bits per heavy atom. The summed E-state index contributed by atoms with van der Waals surface area (Å²) in [5.41, 5.74) is 3.90. The van der Waals surface area contributed by atoms with E-state index in [2.05, 4.69) is 67.3 Å². The summed E-state index contributed by atoms with van der Waals surface area (Å²) in [6.45, 7) is 5.97. The van der Waals surface area contributed by atoms with Crippen molar-refractivity contribution in [3.63, 3.8) is 0 Å². The lowest BCUT2D eigenvalue weighted by molar-refractivity contribution is -0.143. The molecule has 140 valence electrons. The van der Waals surface area contributed by atoms with E-state index in [1.165, 1.54) is 31.7 Å². The molecule has 0 aliphatic carbocycles. The first-order valence-electron chi connectivity index (χ1n) is 9.55. The minimum absolute atomic E-state index is 0.192. The zero-order valence-electron chi connectivity index (χ0n) is 15.8. The van der Waals surface area contributed by atoms with Crippen molar-refractivity contribution in [2.24, 2.45) is 5.92 Å². The number of carboxylic acid groups (broad SMARTS) is 1. The monoisotopic (exact) mass is 379 g/mol. The van der Waals surface area contributed by atoms with Gasteiger partial charge in [-0.2, -0.15) is 0 Å². The lowest BCUT2D eigenvalue weighted by Gasteiger charge is -2.37. The van der Waals surface area contributed by atoms with Gasteiger partial charge in [0.2, 0.25) is 0 Å². The summed E-state index contributed by atoms with van der Waals surface area (Å²) in [4.78, 5) is 15.2. The summed E-state index contributed by atoms with van der Waals surface area (Å²) in [6, 6.07) is 17.7. The fourth-order valence-corrected chi connectivity index (χ4v) is 5.35. The van der Waals surface area contributed by atoms with Crippen LogP contribution in [0, 0.1) is 19.8 Å². The molecule has 1 aliphatic heterocycles. The van der Waals surface area contributed by atoms with Crippen molar-refractivity contribution in [2.75, 3.05) is 13.1 Å². The molecule has 1 atom stereocenters. The molecule has 3 aromatic rings. The van der Waals surface area contributed by atoms with E-state index in [4.69, 9.17) is 0 Å². The molecule has 2 heterocycles. The zero-order valence-corrected chi connectivity index (χ0v) is 16.6. The molecule has 0 radical (unpaired) electrons. The SMILES string of the molecule is Cc1ccc(C)c(C(c2cc3ccccc3s2)N2CCC(C(=O)O)CC2)c1. The fraction of sp³-hybridized carbons (Fsp3) is 0.348. The Balaban J connectivity index is 1.76. The Labute approximate surface area is 164 Å². The summed E-state index contributed by atoms with van der Waals surface area (Å²) in [6.07, 6.45) is 1.45. The van der Waals surface area contributed by atoms with Crippen LogP contribution >= 0.6 is 11.3 Å². The molecule has 1 aliphatic rings. The number of likely N-dealkylation sites (tertiary alicyclic amines) is 1. The molecule has 0 saturated carbocycles. The quantitative estimate of drug-likeness (QED) is 0.659. The van der Waals surface area contributed by atoms with Crippen molar-refractivity contribution in [3.8, 4) is 0 Å². The van der Waals surface area contributed by atoms with Gasteiger partial charge >= 0.3 is 5.97 Å². The number of hydrogen-bond donors (Lipinski definition) is 1. The highest BCUT2D eigenvalue weighted by Gasteiger charge is 2.31. The number of carboxylic acids is 1. The van der Waals surface area contributed by atoms with E-state index >= 15 is 0 Å². The second-order valence-corrected chi connectivity index (χ2v) is 8.71. The van der Waals surface area contributed by atoms with Crippen molar-refractivity contribution in [1.29, 1.82) is 0 Å². The van der Waals surface area contributed by atoms with Crippen LogP contribution in [0.5, 0.6) is 0 Å². The number of rotatable bonds is 4. The van der Waals surface area contributed by atoms with Gasteiger partial charge in [-0.3, -0.25) is 9.69 Å². The molecule has 1 N–H and O–H groups in total. The van der Waals surface area contributed by atoms with E-state index in [1.807, 2.05) is 11.3 Å². The molecule has 1 saturated heterocycles. The Morgan fingerprint density at radius 1 is 1.11 bits per heavy atom. The van der Waals surface area contributed by atoms with E-state index < -0.39 is 5.97 Å². The van der Waals surface area contributed by atoms with E-state index in [-0.39, 0.29) is 12.0 Å². The predicted octanol–water partition coefficient (Wildman–Crippen LogP) is 5.40. The molecule has 4 rings (SSSR count). The lowest BCUT2D eigenvalue weighted by atomic mass is 9.91. The van der Waals surface area contributed by atoms with Gasteiger partial charge in [-0.05, 0) is 68.4 Å². The number of benzene rings is 2. The van der Waals surface area contributed by atoms with Gasteiger partial charge < -0.3 is 5.11 Å². The van der Waals surface area contributed by atoms with Crippen LogP contribution in [0.4, 0.5) is 0 Å². The maximum atomic E-state index is 11.4. The molecular weight excluding hydrogens is 354 g/mol. The number of aryl methyl sites for hydroxylation is 2. The van der Waals surface area contributed by atoms with Crippen LogP contribution in [0.1, 0.15) is 40.5 Å². The van der Waals surface area contributed by atoms with Crippen molar-refractivity contribution in [2.45, 2.75) is 32.7 Å². The average Bonchev–Trinajstić information content (AvgIpc) is 3.09. The normalized spacial score (nSPS) is 17.3. The largest absolute Gasteiger partial charge is 0.481 e. The van der Waals surface area contributed by atoms with Crippen molar-refractivity contribution in [3.05, 3.63) is 70.1 Å². The van der Waals surface area contributed by atoms with Crippen LogP contribution in [-0.4, -0.2) is 29.1 Å². The smallest absolute Gasteiger partial charge is 0.306 e. The van der Waals surface area contributed by atoms with Crippen LogP contribution in [0.15, 0.2) is 48.5 Å². The molecule has 2 aromatic carbocycles. The maximum absolute atomic E-state index is 11.4. The van der Waals surface area contributed by atoms with Gasteiger partial charge in [0.05, 0.1) is 12.0 Å². The van der Waals surface area contributed by atoms with Crippen LogP contribution in [0.2, 0.25) is 0 Å². The molecule has 0 bridgehead atoms. The third-order valence-electron chi connectivity index (χ3n) is 5.69. The van der Waals surface area contributed by atoms with Gasteiger partial charge in [0.15, 0.2) is 0 Å². The van der Waals surface area contributed by atoms with Gasteiger partial charge in [-0.15, -0.1) is 11.3 Å². The van der Waals surface area contributed by atoms with E-state index in [0.29, 0.717) is 0 Å². The highest BCUT2D eigenvalue weighted by Crippen LogP contribution is 2.39. The predicted molar refractivity (Wildman–Crippen MR) is 112 cm³/mol. The van der Waals surface area contributed by atoms with Gasteiger partial charge in [-0.1, -0.05) is 42.0 Å². The Morgan fingerprint density at radius 3 is 2.56 bits per heavy atom. The van der Waals surface area contributed by atoms with Crippen LogP contribution < -0.4 is 0 Å². The van der Waals surface area contributed by atoms with Crippen molar-refractivity contribution >= 4 is 27.4 Å². The first-order valence-corrected chi connectivity index (χ1v) is 10.4. The van der Waals surface area contributed by atoms with E-state index in [9.17, 15) is 9.90 Å². The van der Waals surface area contributed by atoms with Gasteiger partial charge in [-0.25, -0.2) is 0 Å². The van der Waals surface area contributed by atoms with Gasteiger partial charge in [0, 0.05) is 9.58 Å². The molecule has 1 fully saturated rings. The van der Waals surface area contributed by atoms with Gasteiger partial charge in [0.1, 0.15) is 0 Å². The van der Waals surface area contributed by atoms with E-state index in [0.717, 1.165) is 25.9 Å². The lowest BCUT2D eigenvalue weighted by Crippen LogP contribution is -2.39.